The van der Waals surface area contributed by atoms with Crippen LogP contribution in [0.5, 0.6) is 0 Å². The molecule has 2 aromatic carbocycles. The number of imide groups is 1. The summed E-state index contributed by atoms with van der Waals surface area (Å²) in [6.07, 6.45) is 4.70. The molecular formula is C21H19NO4. The van der Waals surface area contributed by atoms with E-state index in [0.717, 1.165) is 10.5 Å². The van der Waals surface area contributed by atoms with Crippen molar-refractivity contribution in [3.63, 3.8) is 0 Å². The normalized spacial score (nSPS) is 14.6. The van der Waals surface area contributed by atoms with Crippen LogP contribution in [0.4, 0.5) is 0 Å². The van der Waals surface area contributed by atoms with Gasteiger partial charge in [0.1, 0.15) is 6.04 Å². The second-order valence-corrected chi connectivity index (χ2v) is 5.96. The van der Waals surface area contributed by atoms with E-state index in [9.17, 15) is 14.4 Å². The van der Waals surface area contributed by atoms with Crippen molar-refractivity contribution in [1.29, 1.82) is 0 Å². The molecule has 2 aromatic rings. The Balaban J connectivity index is 1.75. The van der Waals surface area contributed by atoms with Crippen LogP contribution in [0.1, 0.15) is 39.1 Å². The summed E-state index contributed by atoms with van der Waals surface area (Å²) in [4.78, 5) is 38.4. The van der Waals surface area contributed by atoms with Gasteiger partial charge < -0.3 is 4.74 Å². The number of rotatable bonds is 6. The third kappa shape index (κ3) is 3.42. The van der Waals surface area contributed by atoms with E-state index in [-0.39, 0.29) is 0 Å². The van der Waals surface area contributed by atoms with Gasteiger partial charge in [0.15, 0.2) is 0 Å². The van der Waals surface area contributed by atoms with Crippen LogP contribution in [0.2, 0.25) is 0 Å². The summed E-state index contributed by atoms with van der Waals surface area (Å²) in [6.45, 7) is 0. The first-order valence-electron chi connectivity index (χ1n) is 8.40. The van der Waals surface area contributed by atoms with Gasteiger partial charge in [0.05, 0.1) is 18.2 Å². The van der Waals surface area contributed by atoms with Crippen molar-refractivity contribution in [3.8, 4) is 0 Å². The van der Waals surface area contributed by atoms with Crippen LogP contribution < -0.4 is 0 Å². The molecule has 2 amide bonds. The Hall–Kier alpha value is -3.21. The van der Waals surface area contributed by atoms with Crippen molar-refractivity contribution < 1.29 is 19.1 Å². The summed E-state index contributed by atoms with van der Waals surface area (Å²) in [5, 5.41) is 0. The van der Waals surface area contributed by atoms with Gasteiger partial charge in [-0.1, -0.05) is 54.6 Å². The molecule has 0 spiro atoms. The number of hydrogen-bond acceptors (Lipinski definition) is 4. The molecule has 0 saturated carbocycles. The van der Waals surface area contributed by atoms with E-state index in [1.54, 1.807) is 24.3 Å². The Morgan fingerprint density at radius 3 is 2.15 bits per heavy atom. The molecule has 0 N–H and O–H groups in total. The highest BCUT2D eigenvalue weighted by Gasteiger charge is 2.42. The van der Waals surface area contributed by atoms with Gasteiger partial charge in [0, 0.05) is 0 Å². The maximum absolute atomic E-state index is 12.6. The average molecular weight is 349 g/mol. The Morgan fingerprint density at radius 1 is 1.00 bits per heavy atom. The molecule has 26 heavy (non-hydrogen) atoms. The zero-order valence-corrected chi connectivity index (χ0v) is 14.4. The second kappa shape index (κ2) is 7.78. The van der Waals surface area contributed by atoms with Gasteiger partial charge in [-0.25, -0.2) is 4.79 Å². The lowest BCUT2D eigenvalue weighted by Gasteiger charge is -2.23. The zero-order chi connectivity index (χ0) is 18.5. The molecule has 0 fully saturated rings. The number of carbonyl (C=O) groups is 3. The number of allylic oxidation sites excluding steroid dienone is 1. The largest absolute Gasteiger partial charge is 0.467 e. The standard InChI is InChI=1S/C21H19NO4/c1-26-21(25)18(14-8-5-11-15-9-3-2-4-10-15)22-19(23)16-12-6-7-13-17(16)20(22)24/h2-7,9-13,18H,8,14H2,1H3/b11-5+. The molecule has 0 bridgehead atoms. The molecule has 1 heterocycles. The number of ether oxygens (including phenoxy) is 1. The van der Waals surface area contributed by atoms with Gasteiger partial charge >= 0.3 is 5.97 Å². The van der Waals surface area contributed by atoms with Gasteiger partial charge in [-0.15, -0.1) is 0 Å². The topological polar surface area (TPSA) is 63.7 Å². The van der Waals surface area contributed by atoms with Gasteiger partial charge in [-0.3, -0.25) is 14.5 Å². The minimum absolute atomic E-state index is 0.307. The molecule has 1 aliphatic rings. The Labute approximate surface area is 151 Å². The van der Waals surface area contributed by atoms with Gasteiger partial charge in [0.2, 0.25) is 0 Å². The highest BCUT2D eigenvalue weighted by Crippen LogP contribution is 2.26. The Morgan fingerprint density at radius 2 is 1.58 bits per heavy atom. The van der Waals surface area contributed by atoms with E-state index in [0.29, 0.717) is 24.0 Å². The quantitative estimate of drug-likeness (QED) is 0.593. The lowest BCUT2D eigenvalue weighted by atomic mass is 10.1. The van der Waals surface area contributed by atoms with Gasteiger partial charge in [0.25, 0.3) is 11.8 Å². The van der Waals surface area contributed by atoms with E-state index in [4.69, 9.17) is 4.74 Å². The Kier molecular flexibility index (Phi) is 5.27. The fourth-order valence-electron chi connectivity index (χ4n) is 3.02. The van der Waals surface area contributed by atoms with Crippen LogP contribution in [-0.4, -0.2) is 35.8 Å². The van der Waals surface area contributed by atoms with E-state index in [1.165, 1.54) is 7.11 Å². The molecule has 132 valence electrons. The van der Waals surface area contributed by atoms with E-state index >= 15 is 0 Å². The molecule has 3 rings (SSSR count). The van der Waals surface area contributed by atoms with Crippen LogP contribution in [-0.2, 0) is 9.53 Å². The molecule has 1 atom stereocenters. The van der Waals surface area contributed by atoms with Crippen LogP contribution in [0, 0.1) is 0 Å². The molecule has 0 aliphatic carbocycles. The predicted molar refractivity (Wildman–Crippen MR) is 97.5 cm³/mol. The summed E-state index contributed by atoms with van der Waals surface area (Å²) in [6, 6.07) is 15.4. The lowest BCUT2D eigenvalue weighted by Crippen LogP contribution is -2.45. The fraction of sp³-hybridized carbons (Fsp3) is 0.190. The summed E-state index contributed by atoms with van der Waals surface area (Å²) >= 11 is 0. The average Bonchev–Trinajstić information content (AvgIpc) is 2.93. The number of hydrogen-bond donors (Lipinski definition) is 0. The van der Waals surface area contributed by atoms with Crippen molar-refractivity contribution in [2.75, 3.05) is 7.11 Å². The highest BCUT2D eigenvalue weighted by molar-refractivity contribution is 6.22. The number of esters is 1. The maximum Gasteiger partial charge on any atom is 0.329 e. The molecule has 0 radical (unpaired) electrons. The number of methoxy groups -OCH3 is 1. The summed E-state index contributed by atoms with van der Waals surface area (Å²) < 4.78 is 4.83. The summed E-state index contributed by atoms with van der Waals surface area (Å²) in [5.41, 5.74) is 1.69. The summed E-state index contributed by atoms with van der Waals surface area (Å²) in [5.74, 6) is -1.49. The maximum atomic E-state index is 12.6. The van der Waals surface area contributed by atoms with Gasteiger partial charge in [-0.2, -0.15) is 0 Å². The molecule has 1 aliphatic heterocycles. The number of amides is 2. The second-order valence-electron chi connectivity index (χ2n) is 5.96. The minimum atomic E-state index is -0.937. The number of carbonyl (C=O) groups excluding carboxylic acids is 3. The van der Waals surface area contributed by atoms with E-state index in [2.05, 4.69) is 0 Å². The van der Waals surface area contributed by atoms with Gasteiger partial charge in [-0.05, 0) is 30.5 Å². The Bertz CT molecular complexity index is 822. The number of nitrogens with zero attached hydrogens (tertiary/aromatic N) is 1. The molecule has 5 heteroatoms. The predicted octanol–water partition coefficient (Wildman–Crippen LogP) is 3.32. The molecule has 5 nitrogen and oxygen atoms in total. The van der Waals surface area contributed by atoms with Crippen LogP contribution >= 0.6 is 0 Å². The molecule has 1 unspecified atom stereocenters. The van der Waals surface area contributed by atoms with Crippen molar-refractivity contribution in [2.24, 2.45) is 0 Å². The van der Waals surface area contributed by atoms with Crippen molar-refractivity contribution >= 4 is 23.9 Å². The zero-order valence-electron chi connectivity index (χ0n) is 14.4. The molecule has 0 saturated heterocycles. The van der Waals surface area contributed by atoms with Crippen LogP contribution in [0.3, 0.4) is 0 Å². The van der Waals surface area contributed by atoms with Crippen LogP contribution in [0.15, 0.2) is 60.7 Å². The van der Waals surface area contributed by atoms with E-state index < -0.39 is 23.8 Å². The lowest BCUT2D eigenvalue weighted by molar-refractivity contribution is -0.145. The summed E-state index contributed by atoms with van der Waals surface area (Å²) in [7, 11) is 1.26. The monoisotopic (exact) mass is 349 g/mol. The highest BCUT2D eigenvalue weighted by atomic mass is 16.5. The first kappa shape index (κ1) is 17.6. The molecular weight excluding hydrogens is 330 g/mol. The molecule has 0 aromatic heterocycles. The van der Waals surface area contributed by atoms with Crippen molar-refractivity contribution in [3.05, 3.63) is 77.4 Å². The van der Waals surface area contributed by atoms with Crippen molar-refractivity contribution in [2.45, 2.75) is 18.9 Å². The van der Waals surface area contributed by atoms with E-state index in [1.807, 2.05) is 42.5 Å². The minimum Gasteiger partial charge on any atom is -0.467 e. The van der Waals surface area contributed by atoms with Crippen LogP contribution in [0.25, 0.3) is 6.08 Å². The third-order valence-electron chi connectivity index (χ3n) is 4.33. The SMILES string of the molecule is COC(=O)C(CC/C=C/c1ccccc1)N1C(=O)c2ccccc2C1=O. The first-order valence-corrected chi connectivity index (χ1v) is 8.40. The third-order valence-corrected chi connectivity index (χ3v) is 4.33. The number of fused-ring (bicyclic) bond motifs is 1. The smallest absolute Gasteiger partial charge is 0.329 e. The first-order chi connectivity index (χ1) is 12.6. The fourth-order valence-corrected chi connectivity index (χ4v) is 3.02. The number of benzene rings is 2. The van der Waals surface area contributed by atoms with Crippen molar-refractivity contribution in [1.82, 2.24) is 4.90 Å².